The molecule has 0 saturated carbocycles. The van der Waals surface area contributed by atoms with Crippen LogP contribution in [0.5, 0.6) is 0 Å². The van der Waals surface area contributed by atoms with Gasteiger partial charge in [0.1, 0.15) is 0 Å². The molecule has 1 heterocycles. The normalized spacial score (nSPS) is 12.2. The molecule has 1 aromatic carbocycles. The zero-order valence-electron chi connectivity index (χ0n) is 12.6. The number of aryl methyl sites for hydroxylation is 2. The molecule has 4 nitrogen and oxygen atoms in total. The predicted molar refractivity (Wildman–Crippen MR) is 85.8 cm³/mol. The van der Waals surface area contributed by atoms with Gasteiger partial charge in [0.2, 0.25) is 5.95 Å². The van der Waals surface area contributed by atoms with E-state index in [-0.39, 0.29) is 6.04 Å². The van der Waals surface area contributed by atoms with E-state index in [0.717, 1.165) is 28.4 Å². The highest BCUT2D eigenvalue weighted by molar-refractivity contribution is 6.30. The minimum Gasteiger partial charge on any atom is -0.385 e. The minimum absolute atomic E-state index is 0.0865. The molecule has 0 aliphatic carbocycles. The molecule has 0 fully saturated rings. The Morgan fingerprint density at radius 1 is 1.14 bits per heavy atom. The van der Waals surface area contributed by atoms with Crippen molar-refractivity contribution in [3.63, 3.8) is 0 Å². The number of halogens is 1. The molecule has 0 radical (unpaired) electrons. The second-order valence-corrected chi connectivity index (χ2v) is 5.44. The van der Waals surface area contributed by atoms with Gasteiger partial charge in [0, 0.05) is 30.1 Å². The number of anilines is 1. The first-order chi connectivity index (χ1) is 10.1. The highest BCUT2D eigenvalue weighted by Gasteiger charge is 2.13. The lowest BCUT2D eigenvalue weighted by atomic mass is 10.0. The third-order valence-corrected chi connectivity index (χ3v) is 3.42. The fourth-order valence-corrected chi connectivity index (χ4v) is 2.33. The van der Waals surface area contributed by atoms with Crippen molar-refractivity contribution in [2.45, 2.75) is 26.3 Å². The van der Waals surface area contributed by atoms with Gasteiger partial charge in [-0.3, -0.25) is 0 Å². The second-order valence-electron chi connectivity index (χ2n) is 5.00. The molecule has 0 spiro atoms. The number of methoxy groups -OCH3 is 1. The van der Waals surface area contributed by atoms with Gasteiger partial charge < -0.3 is 10.1 Å². The number of nitrogens with one attached hydrogen (secondary N) is 1. The van der Waals surface area contributed by atoms with E-state index in [4.69, 9.17) is 16.3 Å². The van der Waals surface area contributed by atoms with Gasteiger partial charge in [-0.25, -0.2) is 9.97 Å². The Labute approximate surface area is 130 Å². The molecule has 2 rings (SSSR count). The van der Waals surface area contributed by atoms with Gasteiger partial charge in [-0.2, -0.15) is 0 Å². The monoisotopic (exact) mass is 305 g/mol. The van der Waals surface area contributed by atoms with E-state index in [1.807, 2.05) is 44.2 Å². The SMILES string of the molecule is COCCC(Nc1nc(C)cc(C)n1)c1ccc(Cl)cc1. The van der Waals surface area contributed by atoms with Crippen molar-refractivity contribution in [3.05, 3.63) is 52.3 Å². The van der Waals surface area contributed by atoms with Gasteiger partial charge in [-0.05, 0) is 44.0 Å². The van der Waals surface area contributed by atoms with Crippen molar-refractivity contribution >= 4 is 17.5 Å². The summed E-state index contributed by atoms with van der Waals surface area (Å²) in [5, 5.41) is 4.11. The largest absolute Gasteiger partial charge is 0.385 e. The highest BCUT2D eigenvalue weighted by Crippen LogP contribution is 2.23. The van der Waals surface area contributed by atoms with Crippen LogP contribution in [0.15, 0.2) is 30.3 Å². The van der Waals surface area contributed by atoms with E-state index >= 15 is 0 Å². The van der Waals surface area contributed by atoms with Gasteiger partial charge in [0.15, 0.2) is 0 Å². The summed E-state index contributed by atoms with van der Waals surface area (Å²) in [6.45, 7) is 4.59. The maximum Gasteiger partial charge on any atom is 0.223 e. The van der Waals surface area contributed by atoms with E-state index in [9.17, 15) is 0 Å². The first kappa shape index (κ1) is 15.7. The Balaban J connectivity index is 2.21. The Hall–Kier alpha value is -1.65. The topological polar surface area (TPSA) is 47.0 Å². The second kappa shape index (κ2) is 7.38. The van der Waals surface area contributed by atoms with Gasteiger partial charge in [-0.1, -0.05) is 23.7 Å². The van der Waals surface area contributed by atoms with E-state index in [0.29, 0.717) is 12.6 Å². The molecule has 1 N–H and O–H groups in total. The molecular weight excluding hydrogens is 286 g/mol. The lowest BCUT2D eigenvalue weighted by molar-refractivity contribution is 0.190. The van der Waals surface area contributed by atoms with Crippen LogP contribution in [0, 0.1) is 13.8 Å². The Kier molecular flexibility index (Phi) is 5.53. The standard InChI is InChI=1S/C16H20ClN3O/c1-11-10-12(2)19-16(18-11)20-15(8-9-21-3)13-4-6-14(17)7-5-13/h4-7,10,15H,8-9H2,1-3H3,(H,18,19,20). The summed E-state index contributed by atoms with van der Waals surface area (Å²) >= 11 is 5.95. The molecule has 0 aliphatic rings. The molecule has 21 heavy (non-hydrogen) atoms. The maximum atomic E-state index is 5.95. The smallest absolute Gasteiger partial charge is 0.223 e. The minimum atomic E-state index is 0.0865. The van der Waals surface area contributed by atoms with Crippen LogP contribution in [0.2, 0.25) is 5.02 Å². The summed E-state index contributed by atoms with van der Waals surface area (Å²) in [6, 6.07) is 9.85. The molecule has 0 saturated heterocycles. The van der Waals surface area contributed by atoms with Crippen LogP contribution in [0.3, 0.4) is 0 Å². The molecule has 1 aromatic heterocycles. The molecule has 0 amide bonds. The summed E-state index contributed by atoms with van der Waals surface area (Å²) in [5.41, 5.74) is 3.04. The molecule has 1 atom stereocenters. The van der Waals surface area contributed by atoms with Crippen molar-refractivity contribution in [3.8, 4) is 0 Å². The van der Waals surface area contributed by atoms with E-state index < -0.39 is 0 Å². The molecule has 2 aromatic rings. The van der Waals surface area contributed by atoms with Crippen LogP contribution >= 0.6 is 11.6 Å². The highest BCUT2D eigenvalue weighted by atomic mass is 35.5. The number of benzene rings is 1. The van der Waals surface area contributed by atoms with E-state index in [1.165, 1.54) is 0 Å². The molecule has 0 bridgehead atoms. The third-order valence-electron chi connectivity index (χ3n) is 3.17. The lowest BCUT2D eigenvalue weighted by Gasteiger charge is -2.19. The maximum absolute atomic E-state index is 5.95. The summed E-state index contributed by atoms with van der Waals surface area (Å²) in [6.07, 6.45) is 0.828. The Morgan fingerprint density at radius 2 is 1.76 bits per heavy atom. The van der Waals surface area contributed by atoms with Gasteiger partial charge >= 0.3 is 0 Å². The quantitative estimate of drug-likeness (QED) is 0.878. The predicted octanol–water partition coefficient (Wildman–Crippen LogP) is 3.94. The Bertz CT molecular complexity index is 566. The summed E-state index contributed by atoms with van der Waals surface area (Å²) < 4.78 is 5.20. The van der Waals surface area contributed by atoms with Crippen molar-refractivity contribution in [1.82, 2.24) is 9.97 Å². The number of hydrogen-bond donors (Lipinski definition) is 1. The summed E-state index contributed by atoms with van der Waals surface area (Å²) in [5.74, 6) is 0.642. The summed E-state index contributed by atoms with van der Waals surface area (Å²) in [4.78, 5) is 8.87. The first-order valence-corrected chi connectivity index (χ1v) is 7.29. The van der Waals surface area contributed by atoms with Gasteiger partial charge in [0.05, 0.1) is 6.04 Å². The van der Waals surface area contributed by atoms with Crippen LogP contribution in [0.1, 0.15) is 29.4 Å². The zero-order chi connectivity index (χ0) is 15.2. The van der Waals surface area contributed by atoms with Crippen LogP contribution in [-0.4, -0.2) is 23.7 Å². The van der Waals surface area contributed by atoms with Crippen LogP contribution in [0.4, 0.5) is 5.95 Å². The zero-order valence-corrected chi connectivity index (χ0v) is 13.3. The van der Waals surface area contributed by atoms with Crippen LogP contribution < -0.4 is 5.32 Å². The molecule has 5 heteroatoms. The number of ether oxygens (including phenoxy) is 1. The fraction of sp³-hybridized carbons (Fsp3) is 0.375. The Morgan fingerprint density at radius 3 is 2.33 bits per heavy atom. The summed E-state index contributed by atoms with van der Waals surface area (Å²) in [7, 11) is 1.70. The van der Waals surface area contributed by atoms with Crippen LogP contribution in [0.25, 0.3) is 0 Å². The number of aromatic nitrogens is 2. The van der Waals surface area contributed by atoms with Gasteiger partial charge in [-0.15, -0.1) is 0 Å². The van der Waals surface area contributed by atoms with Crippen molar-refractivity contribution in [2.24, 2.45) is 0 Å². The molecule has 0 aliphatic heterocycles. The number of rotatable bonds is 6. The van der Waals surface area contributed by atoms with Crippen LogP contribution in [-0.2, 0) is 4.74 Å². The number of hydrogen-bond acceptors (Lipinski definition) is 4. The average Bonchev–Trinajstić information content (AvgIpc) is 2.43. The van der Waals surface area contributed by atoms with Crippen molar-refractivity contribution in [1.29, 1.82) is 0 Å². The lowest BCUT2D eigenvalue weighted by Crippen LogP contribution is -2.15. The average molecular weight is 306 g/mol. The van der Waals surface area contributed by atoms with E-state index in [2.05, 4.69) is 15.3 Å². The molecule has 112 valence electrons. The van der Waals surface area contributed by atoms with E-state index in [1.54, 1.807) is 7.11 Å². The fourth-order valence-electron chi connectivity index (χ4n) is 2.20. The van der Waals surface area contributed by atoms with Crippen molar-refractivity contribution in [2.75, 3.05) is 19.0 Å². The third kappa shape index (κ3) is 4.69. The first-order valence-electron chi connectivity index (χ1n) is 6.91. The molecule has 1 unspecified atom stereocenters. The molecular formula is C16H20ClN3O. The van der Waals surface area contributed by atoms with Crippen molar-refractivity contribution < 1.29 is 4.74 Å². The van der Waals surface area contributed by atoms with Gasteiger partial charge in [0.25, 0.3) is 0 Å². The number of nitrogens with zero attached hydrogens (tertiary/aromatic N) is 2.